The monoisotopic (exact) mass is 445 g/mol. The molecule has 0 radical (unpaired) electrons. The minimum absolute atomic E-state index is 0.272. The predicted molar refractivity (Wildman–Crippen MR) is 128 cm³/mol. The van der Waals surface area contributed by atoms with Crippen LogP contribution in [0.2, 0.25) is 0 Å². The van der Waals surface area contributed by atoms with E-state index in [9.17, 15) is 8.42 Å². The Balaban J connectivity index is 1.60. The van der Waals surface area contributed by atoms with Gasteiger partial charge in [-0.2, -0.15) is 0 Å². The minimum atomic E-state index is -3.47. The third-order valence-corrected chi connectivity index (χ3v) is 8.72. The van der Waals surface area contributed by atoms with E-state index in [-0.39, 0.29) is 6.04 Å². The third kappa shape index (κ3) is 3.37. The molecular formula is C27H27NO3S. The zero-order chi connectivity index (χ0) is 22.5. The Kier molecular flexibility index (Phi) is 5.19. The van der Waals surface area contributed by atoms with Crippen LogP contribution in [-0.4, -0.2) is 33.5 Å². The molecule has 0 aromatic heterocycles. The van der Waals surface area contributed by atoms with Crippen LogP contribution in [0.3, 0.4) is 0 Å². The number of fused-ring (bicyclic) bond motifs is 5. The fourth-order valence-corrected chi connectivity index (χ4v) is 6.83. The predicted octanol–water partition coefficient (Wildman–Crippen LogP) is 5.36. The molecule has 164 valence electrons. The van der Waals surface area contributed by atoms with Crippen molar-refractivity contribution in [1.82, 2.24) is 4.90 Å². The summed E-state index contributed by atoms with van der Waals surface area (Å²) in [5.41, 5.74) is 5.88. The molecule has 1 heterocycles. The number of benzene rings is 3. The normalized spacial score (nSPS) is 18.9. The highest BCUT2D eigenvalue weighted by molar-refractivity contribution is 7.92. The molecule has 0 spiro atoms. The number of ether oxygens (including phenoxy) is 1. The maximum atomic E-state index is 13.5. The van der Waals surface area contributed by atoms with E-state index in [4.69, 9.17) is 4.74 Å². The molecule has 1 aliphatic heterocycles. The lowest BCUT2D eigenvalue weighted by molar-refractivity contribution is 0.306. The van der Waals surface area contributed by atoms with Gasteiger partial charge in [-0.15, -0.1) is 0 Å². The lowest BCUT2D eigenvalue weighted by Crippen LogP contribution is -2.24. The van der Waals surface area contributed by atoms with Crippen molar-refractivity contribution in [2.24, 2.45) is 0 Å². The first kappa shape index (κ1) is 21.0. The maximum absolute atomic E-state index is 13.5. The number of hydrogen-bond donors (Lipinski definition) is 0. The van der Waals surface area contributed by atoms with Crippen molar-refractivity contribution in [3.63, 3.8) is 0 Å². The Hall–Kier alpha value is -2.89. The van der Waals surface area contributed by atoms with Crippen LogP contribution in [0.5, 0.6) is 5.75 Å². The van der Waals surface area contributed by atoms with Gasteiger partial charge in [0.05, 0.1) is 4.90 Å². The van der Waals surface area contributed by atoms with E-state index in [0.29, 0.717) is 11.5 Å². The van der Waals surface area contributed by atoms with Gasteiger partial charge in [0.1, 0.15) is 17.6 Å². The second kappa shape index (κ2) is 7.91. The van der Waals surface area contributed by atoms with Crippen molar-refractivity contribution in [3.8, 4) is 5.75 Å². The van der Waals surface area contributed by atoms with Gasteiger partial charge in [0.15, 0.2) is 9.84 Å². The smallest absolute Gasteiger partial charge is 0.190 e. The topological polar surface area (TPSA) is 46.6 Å². The summed E-state index contributed by atoms with van der Waals surface area (Å²) in [6, 6.07) is 23.6. The second-order valence-electron chi connectivity index (χ2n) is 8.85. The van der Waals surface area contributed by atoms with Crippen LogP contribution < -0.4 is 4.74 Å². The zero-order valence-corrected chi connectivity index (χ0v) is 19.4. The highest BCUT2D eigenvalue weighted by Gasteiger charge is 2.48. The van der Waals surface area contributed by atoms with E-state index in [1.807, 2.05) is 66.7 Å². The van der Waals surface area contributed by atoms with Crippen LogP contribution in [0.4, 0.5) is 0 Å². The van der Waals surface area contributed by atoms with Crippen LogP contribution in [-0.2, 0) is 16.4 Å². The zero-order valence-electron chi connectivity index (χ0n) is 18.6. The van der Waals surface area contributed by atoms with Crippen LogP contribution >= 0.6 is 0 Å². The van der Waals surface area contributed by atoms with Gasteiger partial charge in [-0.1, -0.05) is 54.6 Å². The molecule has 0 N–H and O–H groups in total. The number of nitrogens with zero attached hydrogens (tertiary/aromatic N) is 1. The fourth-order valence-electron chi connectivity index (χ4n) is 4.70. The van der Waals surface area contributed by atoms with Crippen molar-refractivity contribution >= 4 is 21.0 Å². The summed E-state index contributed by atoms with van der Waals surface area (Å²) in [7, 11) is 0.649. The SMILES string of the molecule is CC(CC1=C2c3ccccc3S(=O)(=O)C2c2ccc(OCc3ccccc3)cc21)N(C)C. The van der Waals surface area contributed by atoms with Gasteiger partial charge in [-0.3, -0.25) is 0 Å². The third-order valence-electron chi connectivity index (χ3n) is 6.64. The van der Waals surface area contributed by atoms with Gasteiger partial charge in [0.25, 0.3) is 0 Å². The Bertz CT molecular complexity index is 1310. The summed E-state index contributed by atoms with van der Waals surface area (Å²) in [6.07, 6.45) is 0.776. The first-order chi connectivity index (χ1) is 15.4. The van der Waals surface area contributed by atoms with E-state index in [1.165, 1.54) is 0 Å². The molecule has 4 nitrogen and oxygen atoms in total. The first-order valence-electron chi connectivity index (χ1n) is 10.9. The molecule has 32 heavy (non-hydrogen) atoms. The molecule has 2 atom stereocenters. The van der Waals surface area contributed by atoms with E-state index >= 15 is 0 Å². The average molecular weight is 446 g/mol. The van der Waals surface area contributed by atoms with Gasteiger partial charge < -0.3 is 9.64 Å². The molecule has 2 aliphatic rings. The van der Waals surface area contributed by atoms with Crippen molar-refractivity contribution in [1.29, 1.82) is 0 Å². The summed E-state index contributed by atoms with van der Waals surface area (Å²) in [5, 5.41) is -0.623. The van der Waals surface area contributed by atoms with Crippen molar-refractivity contribution in [2.45, 2.75) is 36.1 Å². The molecule has 0 amide bonds. The van der Waals surface area contributed by atoms with Gasteiger partial charge in [-0.25, -0.2) is 8.42 Å². The summed E-state index contributed by atoms with van der Waals surface area (Å²) >= 11 is 0. The number of sulfone groups is 1. The maximum Gasteiger partial charge on any atom is 0.190 e. The van der Waals surface area contributed by atoms with Gasteiger partial charge in [0, 0.05) is 6.04 Å². The van der Waals surface area contributed by atoms with Crippen molar-refractivity contribution < 1.29 is 13.2 Å². The Morgan fingerprint density at radius 3 is 2.41 bits per heavy atom. The minimum Gasteiger partial charge on any atom is -0.489 e. The Labute approximate surface area is 190 Å². The standard InChI is InChI=1S/C27H27NO3S/c1-18(28(2)3)15-24-23-16-20(31-17-19-9-5-4-6-10-19)13-14-21(23)27-26(24)22-11-7-8-12-25(22)32(27,29)30/h4-14,16,18,27H,15,17H2,1-3H3. The van der Waals surface area contributed by atoms with Crippen molar-refractivity contribution in [3.05, 3.63) is 95.1 Å². The number of hydrogen-bond acceptors (Lipinski definition) is 4. The summed E-state index contributed by atoms with van der Waals surface area (Å²) in [4.78, 5) is 2.62. The Morgan fingerprint density at radius 1 is 0.938 bits per heavy atom. The molecule has 3 aromatic carbocycles. The molecule has 0 bridgehead atoms. The fraction of sp³-hybridized carbons (Fsp3) is 0.259. The van der Waals surface area contributed by atoms with E-state index in [0.717, 1.165) is 45.6 Å². The lowest BCUT2D eigenvalue weighted by Gasteiger charge is -2.22. The molecule has 0 saturated carbocycles. The summed E-state index contributed by atoms with van der Waals surface area (Å²) in [5.74, 6) is 0.758. The largest absolute Gasteiger partial charge is 0.489 e. The van der Waals surface area contributed by atoms with E-state index < -0.39 is 15.1 Å². The highest BCUT2D eigenvalue weighted by atomic mass is 32.2. The van der Waals surface area contributed by atoms with Crippen LogP contribution in [0.1, 0.15) is 40.8 Å². The van der Waals surface area contributed by atoms with Gasteiger partial charge in [-0.05, 0) is 79.0 Å². The quantitative estimate of drug-likeness (QED) is 0.513. The molecule has 0 saturated heterocycles. The van der Waals surface area contributed by atoms with Crippen LogP contribution in [0, 0.1) is 0 Å². The first-order valence-corrected chi connectivity index (χ1v) is 12.5. The van der Waals surface area contributed by atoms with Gasteiger partial charge >= 0.3 is 0 Å². The van der Waals surface area contributed by atoms with Crippen LogP contribution in [0.15, 0.2) is 77.7 Å². The lowest BCUT2D eigenvalue weighted by atomic mass is 9.95. The van der Waals surface area contributed by atoms with Gasteiger partial charge in [0.2, 0.25) is 0 Å². The average Bonchev–Trinajstić information content (AvgIpc) is 3.24. The summed E-state index contributed by atoms with van der Waals surface area (Å²) < 4.78 is 33.1. The summed E-state index contributed by atoms with van der Waals surface area (Å²) in [6.45, 7) is 2.65. The number of rotatable bonds is 6. The molecule has 3 aromatic rings. The Morgan fingerprint density at radius 2 is 1.66 bits per heavy atom. The van der Waals surface area contributed by atoms with E-state index in [2.05, 4.69) is 25.9 Å². The highest BCUT2D eigenvalue weighted by Crippen LogP contribution is 2.58. The molecule has 0 fully saturated rings. The van der Waals surface area contributed by atoms with Crippen LogP contribution in [0.25, 0.3) is 11.1 Å². The molecule has 5 heteroatoms. The molecule has 1 aliphatic carbocycles. The van der Waals surface area contributed by atoms with E-state index in [1.54, 1.807) is 6.07 Å². The molecule has 2 unspecified atom stereocenters. The second-order valence-corrected chi connectivity index (χ2v) is 10.9. The molecule has 5 rings (SSSR count). The molecular weight excluding hydrogens is 418 g/mol. The van der Waals surface area contributed by atoms with Crippen molar-refractivity contribution in [2.75, 3.05) is 14.1 Å².